The lowest BCUT2D eigenvalue weighted by molar-refractivity contribution is 0.386. The van der Waals surface area contributed by atoms with Gasteiger partial charge in [0, 0.05) is 17.9 Å². The van der Waals surface area contributed by atoms with E-state index < -0.39 is 27.0 Å². The van der Waals surface area contributed by atoms with Gasteiger partial charge in [0.05, 0.1) is 29.5 Å². The van der Waals surface area contributed by atoms with Crippen LogP contribution in [-0.2, 0) is 9.84 Å². The topological polar surface area (TPSA) is 78.3 Å². The van der Waals surface area contributed by atoms with Crippen LogP contribution in [0.5, 0.6) is 5.75 Å². The van der Waals surface area contributed by atoms with Crippen molar-refractivity contribution in [2.75, 3.05) is 13.4 Å². The van der Waals surface area contributed by atoms with E-state index in [1.165, 1.54) is 61.8 Å². The zero-order valence-corrected chi connectivity index (χ0v) is 18.4. The number of ether oxygens (including phenoxy) is 1. The highest BCUT2D eigenvalue weighted by molar-refractivity contribution is 7.90. The van der Waals surface area contributed by atoms with Gasteiger partial charge in [0.25, 0.3) is 5.56 Å². The molecule has 168 valence electrons. The summed E-state index contributed by atoms with van der Waals surface area (Å²) in [6, 6.07) is 15.4. The molecule has 4 rings (SSSR count). The van der Waals surface area contributed by atoms with E-state index in [-0.39, 0.29) is 21.9 Å². The first kappa shape index (κ1) is 22.3. The standard InChI is InChI=1S/C24H18F2N2O4S/c1-32-22-12-9-18(13-21(22)26)28-24(29)23(16-3-7-17(25)8-4-16)20(14-27-28)15-5-10-19(11-6-15)33(2,30)31/h3-14H,1-2H3. The highest BCUT2D eigenvalue weighted by atomic mass is 32.2. The molecule has 0 spiro atoms. The van der Waals surface area contributed by atoms with Gasteiger partial charge in [-0.2, -0.15) is 9.78 Å². The molecule has 9 heteroatoms. The molecule has 0 fully saturated rings. The summed E-state index contributed by atoms with van der Waals surface area (Å²) in [4.78, 5) is 13.6. The minimum atomic E-state index is -3.40. The molecular weight excluding hydrogens is 450 g/mol. The van der Waals surface area contributed by atoms with Crippen LogP contribution in [0.2, 0.25) is 0 Å². The molecule has 0 aliphatic rings. The Kier molecular flexibility index (Phi) is 5.82. The first-order valence-corrected chi connectivity index (χ1v) is 11.6. The predicted molar refractivity (Wildman–Crippen MR) is 120 cm³/mol. The molecule has 0 saturated heterocycles. The lowest BCUT2D eigenvalue weighted by Crippen LogP contribution is -2.23. The van der Waals surface area contributed by atoms with Crippen LogP contribution in [-0.4, -0.2) is 31.6 Å². The summed E-state index contributed by atoms with van der Waals surface area (Å²) in [6.45, 7) is 0. The van der Waals surface area contributed by atoms with Crippen molar-refractivity contribution in [2.45, 2.75) is 4.90 Å². The molecule has 0 saturated carbocycles. The smallest absolute Gasteiger partial charge is 0.280 e. The summed E-state index contributed by atoms with van der Waals surface area (Å²) in [5.41, 5.74) is 1.20. The fourth-order valence-corrected chi connectivity index (χ4v) is 4.05. The van der Waals surface area contributed by atoms with Crippen molar-refractivity contribution < 1.29 is 21.9 Å². The minimum absolute atomic E-state index is 0.0214. The normalized spacial score (nSPS) is 11.4. The average Bonchev–Trinajstić information content (AvgIpc) is 2.79. The monoisotopic (exact) mass is 468 g/mol. The van der Waals surface area contributed by atoms with Gasteiger partial charge in [0.2, 0.25) is 0 Å². The average molecular weight is 468 g/mol. The maximum absolute atomic E-state index is 14.3. The lowest BCUT2D eigenvalue weighted by atomic mass is 9.97. The van der Waals surface area contributed by atoms with Gasteiger partial charge in [0.15, 0.2) is 21.4 Å². The first-order valence-electron chi connectivity index (χ1n) is 9.72. The van der Waals surface area contributed by atoms with Crippen LogP contribution >= 0.6 is 0 Å². The number of rotatable bonds is 5. The summed E-state index contributed by atoms with van der Waals surface area (Å²) < 4.78 is 57.3. The number of aromatic nitrogens is 2. The van der Waals surface area contributed by atoms with Crippen molar-refractivity contribution in [1.82, 2.24) is 9.78 Å². The van der Waals surface area contributed by atoms with Gasteiger partial charge in [-0.15, -0.1) is 0 Å². The molecule has 0 aliphatic heterocycles. The van der Waals surface area contributed by atoms with Crippen LogP contribution < -0.4 is 10.3 Å². The molecule has 0 bridgehead atoms. The number of hydrogen-bond acceptors (Lipinski definition) is 5. The number of halogens is 2. The molecule has 0 N–H and O–H groups in total. The lowest BCUT2D eigenvalue weighted by Gasteiger charge is -2.14. The highest BCUT2D eigenvalue weighted by Crippen LogP contribution is 2.30. The van der Waals surface area contributed by atoms with Gasteiger partial charge >= 0.3 is 0 Å². The molecule has 1 aromatic heterocycles. The van der Waals surface area contributed by atoms with Crippen molar-refractivity contribution in [3.63, 3.8) is 0 Å². The summed E-state index contributed by atoms with van der Waals surface area (Å²) >= 11 is 0. The number of nitrogens with zero attached hydrogens (tertiary/aromatic N) is 2. The summed E-state index contributed by atoms with van der Waals surface area (Å²) in [7, 11) is -2.07. The molecule has 0 amide bonds. The Hall–Kier alpha value is -3.85. The Labute approximate surface area is 188 Å². The predicted octanol–water partition coefficient (Wildman–Crippen LogP) is 4.26. The Balaban J connectivity index is 1.94. The minimum Gasteiger partial charge on any atom is -0.494 e. The molecule has 33 heavy (non-hydrogen) atoms. The van der Waals surface area contributed by atoms with E-state index in [1.807, 2.05) is 0 Å². The zero-order chi connectivity index (χ0) is 23.8. The maximum atomic E-state index is 14.3. The van der Waals surface area contributed by atoms with Crippen LogP contribution in [0.1, 0.15) is 0 Å². The van der Waals surface area contributed by atoms with E-state index in [0.29, 0.717) is 16.7 Å². The van der Waals surface area contributed by atoms with Gasteiger partial charge < -0.3 is 4.74 Å². The fourth-order valence-electron chi connectivity index (χ4n) is 3.42. The summed E-state index contributed by atoms with van der Waals surface area (Å²) in [5, 5.41) is 4.20. The van der Waals surface area contributed by atoms with Gasteiger partial charge in [0.1, 0.15) is 5.82 Å². The van der Waals surface area contributed by atoms with Gasteiger partial charge in [-0.1, -0.05) is 24.3 Å². The first-order chi connectivity index (χ1) is 15.7. The summed E-state index contributed by atoms with van der Waals surface area (Å²) in [5.74, 6) is -1.11. The SMILES string of the molecule is COc1ccc(-n2ncc(-c3ccc(S(C)(=O)=O)cc3)c(-c3ccc(F)cc3)c2=O)cc1F. The Morgan fingerprint density at radius 2 is 1.55 bits per heavy atom. The second-order valence-corrected chi connectivity index (χ2v) is 9.29. The van der Waals surface area contributed by atoms with Crippen molar-refractivity contribution >= 4 is 9.84 Å². The third-order valence-electron chi connectivity index (χ3n) is 5.08. The number of sulfone groups is 1. The summed E-state index contributed by atoms with van der Waals surface area (Å²) in [6.07, 6.45) is 2.53. The van der Waals surface area contributed by atoms with Crippen LogP contribution in [0.4, 0.5) is 8.78 Å². The molecule has 0 unspecified atom stereocenters. The molecule has 6 nitrogen and oxygen atoms in total. The van der Waals surface area contributed by atoms with E-state index in [0.717, 1.165) is 17.0 Å². The van der Waals surface area contributed by atoms with Crippen LogP contribution in [0, 0.1) is 11.6 Å². The van der Waals surface area contributed by atoms with Crippen LogP contribution in [0.25, 0.3) is 27.9 Å². The molecular formula is C24H18F2N2O4S. The van der Waals surface area contributed by atoms with E-state index in [1.54, 1.807) is 12.1 Å². The van der Waals surface area contributed by atoms with Crippen LogP contribution in [0.15, 0.2) is 82.6 Å². The third kappa shape index (κ3) is 4.40. The third-order valence-corrected chi connectivity index (χ3v) is 6.21. The van der Waals surface area contributed by atoms with E-state index in [9.17, 15) is 22.0 Å². The zero-order valence-electron chi connectivity index (χ0n) is 17.6. The quantitative estimate of drug-likeness (QED) is 0.438. The van der Waals surface area contributed by atoms with E-state index in [2.05, 4.69) is 5.10 Å². The molecule has 0 atom stereocenters. The number of benzene rings is 3. The van der Waals surface area contributed by atoms with Gasteiger partial charge in [-0.25, -0.2) is 17.2 Å². The molecule has 0 radical (unpaired) electrons. The van der Waals surface area contributed by atoms with Gasteiger partial charge in [-0.3, -0.25) is 4.79 Å². The van der Waals surface area contributed by atoms with Crippen molar-refractivity contribution in [1.29, 1.82) is 0 Å². The number of hydrogen-bond donors (Lipinski definition) is 0. The largest absolute Gasteiger partial charge is 0.494 e. The fraction of sp³-hybridized carbons (Fsp3) is 0.0833. The molecule has 1 heterocycles. The second kappa shape index (κ2) is 8.59. The Bertz CT molecular complexity index is 1500. The Morgan fingerprint density at radius 1 is 0.909 bits per heavy atom. The number of methoxy groups -OCH3 is 1. The Morgan fingerprint density at radius 3 is 2.12 bits per heavy atom. The molecule has 3 aromatic carbocycles. The van der Waals surface area contributed by atoms with Crippen molar-refractivity contribution in [3.05, 3.63) is 94.9 Å². The van der Waals surface area contributed by atoms with Crippen molar-refractivity contribution in [3.8, 4) is 33.7 Å². The van der Waals surface area contributed by atoms with Crippen LogP contribution in [0.3, 0.4) is 0 Å². The van der Waals surface area contributed by atoms with Gasteiger partial charge in [-0.05, 0) is 47.5 Å². The highest BCUT2D eigenvalue weighted by Gasteiger charge is 2.18. The second-order valence-electron chi connectivity index (χ2n) is 7.27. The van der Waals surface area contributed by atoms with E-state index in [4.69, 9.17) is 4.74 Å². The van der Waals surface area contributed by atoms with Crippen molar-refractivity contribution in [2.24, 2.45) is 0 Å². The maximum Gasteiger partial charge on any atom is 0.280 e. The molecule has 4 aromatic rings. The molecule has 0 aliphatic carbocycles. The van der Waals surface area contributed by atoms with E-state index >= 15 is 0 Å².